The van der Waals surface area contributed by atoms with Gasteiger partial charge in [0.05, 0.1) is 6.04 Å². The quantitative estimate of drug-likeness (QED) is 0.844. The number of likely N-dealkylation sites (tertiary alicyclic amines) is 1. The number of aromatic nitrogens is 1. The molecule has 2 heterocycles. The number of benzene rings is 1. The number of rotatable bonds is 2. The van der Waals surface area contributed by atoms with E-state index in [9.17, 15) is 4.79 Å². The highest BCUT2D eigenvalue weighted by Crippen LogP contribution is 2.35. The first-order valence-corrected chi connectivity index (χ1v) is 6.33. The molecule has 18 heavy (non-hydrogen) atoms. The van der Waals surface area contributed by atoms with Crippen LogP contribution in [0.5, 0.6) is 0 Å². The molecule has 2 aromatic rings. The highest BCUT2D eigenvalue weighted by Gasteiger charge is 2.38. The maximum atomic E-state index is 11.9. The van der Waals surface area contributed by atoms with Gasteiger partial charge in [0.1, 0.15) is 0 Å². The van der Waals surface area contributed by atoms with Gasteiger partial charge in [0.15, 0.2) is 0 Å². The van der Waals surface area contributed by atoms with Gasteiger partial charge in [0.25, 0.3) is 0 Å². The van der Waals surface area contributed by atoms with Crippen molar-refractivity contribution in [2.45, 2.75) is 25.4 Å². The van der Waals surface area contributed by atoms with Crippen LogP contribution in [-0.2, 0) is 4.79 Å². The Morgan fingerprint density at radius 2 is 2.22 bits per heavy atom. The molecule has 0 aliphatic carbocycles. The first-order chi connectivity index (χ1) is 8.72. The number of amides is 1. The molecule has 1 amide bonds. The van der Waals surface area contributed by atoms with E-state index in [1.165, 1.54) is 0 Å². The van der Waals surface area contributed by atoms with Crippen LogP contribution >= 0.6 is 0 Å². The van der Waals surface area contributed by atoms with Crippen LogP contribution in [0.15, 0.2) is 30.5 Å². The summed E-state index contributed by atoms with van der Waals surface area (Å²) in [5.41, 5.74) is 8.36. The second-order valence-electron chi connectivity index (χ2n) is 4.78. The monoisotopic (exact) mass is 243 g/mol. The van der Waals surface area contributed by atoms with Gasteiger partial charge in [-0.3, -0.25) is 4.79 Å². The maximum absolute atomic E-state index is 11.9. The average molecular weight is 243 g/mol. The number of hydrogen-bond donors (Lipinski definition) is 2. The van der Waals surface area contributed by atoms with Crippen LogP contribution in [0.25, 0.3) is 10.9 Å². The second kappa shape index (κ2) is 4.14. The van der Waals surface area contributed by atoms with Crippen LogP contribution < -0.4 is 5.73 Å². The molecule has 1 aromatic heterocycles. The zero-order chi connectivity index (χ0) is 12.7. The summed E-state index contributed by atoms with van der Waals surface area (Å²) in [4.78, 5) is 17.0. The lowest BCUT2D eigenvalue weighted by Crippen LogP contribution is -2.32. The van der Waals surface area contributed by atoms with Gasteiger partial charge >= 0.3 is 0 Å². The lowest BCUT2D eigenvalue weighted by Gasteiger charge is -2.25. The average Bonchev–Trinajstić information content (AvgIpc) is 2.89. The summed E-state index contributed by atoms with van der Waals surface area (Å²) >= 11 is 0. The maximum Gasteiger partial charge on any atom is 0.224 e. The van der Waals surface area contributed by atoms with Crippen molar-refractivity contribution in [3.05, 3.63) is 36.0 Å². The van der Waals surface area contributed by atoms with Crippen LogP contribution in [-0.4, -0.2) is 28.4 Å². The second-order valence-corrected chi connectivity index (χ2v) is 4.78. The van der Waals surface area contributed by atoms with Crippen molar-refractivity contribution in [3.63, 3.8) is 0 Å². The van der Waals surface area contributed by atoms with E-state index in [2.05, 4.69) is 11.1 Å². The first kappa shape index (κ1) is 11.3. The number of fused-ring (bicyclic) bond motifs is 1. The number of carbonyl (C=O) groups excluding carboxylic acids is 1. The van der Waals surface area contributed by atoms with Crippen LogP contribution in [0.1, 0.15) is 24.9 Å². The fraction of sp³-hybridized carbons (Fsp3) is 0.357. The van der Waals surface area contributed by atoms with Crippen molar-refractivity contribution in [3.8, 4) is 0 Å². The van der Waals surface area contributed by atoms with E-state index >= 15 is 0 Å². The van der Waals surface area contributed by atoms with Crippen molar-refractivity contribution in [2.75, 3.05) is 6.54 Å². The zero-order valence-corrected chi connectivity index (χ0v) is 10.4. The van der Waals surface area contributed by atoms with E-state index in [1.54, 1.807) is 0 Å². The van der Waals surface area contributed by atoms with Crippen molar-refractivity contribution < 1.29 is 4.79 Å². The molecule has 4 heteroatoms. The van der Waals surface area contributed by atoms with Gasteiger partial charge in [-0.25, -0.2) is 0 Å². The summed E-state index contributed by atoms with van der Waals surface area (Å²) in [7, 11) is 0. The minimum Gasteiger partial charge on any atom is -0.361 e. The number of carbonyl (C=O) groups is 1. The Kier molecular flexibility index (Phi) is 2.59. The number of nitrogens with one attached hydrogen (secondary N) is 1. The highest BCUT2D eigenvalue weighted by atomic mass is 16.2. The van der Waals surface area contributed by atoms with Gasteiger partial charge in [0.2, 0.25) is 5.91 Å². The Labute approximate surface area is 106 Å². The molecular formula is C14H17N3O. The Balaban J connectivity index is 2.11. The molecule has 1 aliphatic rings. The molecule has 1 fully saturated rings. The topological polar surface area (TPSA) is 62.1 Å². The molecule has 0 saturated carbocycles. The first-order valence-electron chi connectivity index (χ1n) is 6.33. The molecule has 1 aliphatic heterocycles. The Morgan fingerprint density at radius 1 is 1.44 bits per heavy atom. The number of nitrogens with two attached hydrogens (primary N) is 1. The number of aromatic amines is 1. The molecule has 4 nitrogen and oxygen atoms in total. The third-order valence-corrected chi connectivity index (χ3v) is 3.75. The molecular weight excluding hydrogens is 226 g/mol. The Bertz CT molecular complexity index is 589. The van der Waals surface area contributed by atoms with E-state index in [1.807, 2.05) is 36.2 Å². The predicted molar refractivity (Wildman–Crippen MR) is 71.0 cm³/mol. The zero-order valence-electron chi connectivity index (χ0n) is 10.4. The van der Waals surface area contributed by atoms with E-state index < -0.39 is 0 Å². The van der Waals surface area contributed by atoms with Crippen LogP contribution in [0.3, 0.4) is 0 Å². The molecule has 3 rings (SSSR count). The van der Waals surface area contributed by atoms with Gasteiger partial charge in [0, 0.05) is 41.7 Å². The summed E-state index contributed by atoms with van der Waals surface area (Å²) < 4.78 is 0. The molecule has 0 bridgehead atoms. The van der Waals surface area contributed by atoms with Crippen molar-refractivity contribution in [1.29, 1.82) is 0 Å². The lowest BCUT2D eigenvalue weighted by atomic mass is 10.00. The SMILES string of the molecule is CCN1C(=O)CC(N)C1c1c[nH]c2ccccc12. The van der Waals surface area contributed by atoms with Crippen molar-refractivity contribution >= 4 is 16.8 Å². The van der Waals surface area contributed by atoms with Gasteiger partial charge in [-0.1, -0.05) is 18.2 Å². The number of para-hydroxylation sites is 1. The highest BCUT2D eigenvalue weighted by molar-refractivity contribution is 5.86. The van der Waals surface area contributed by atoms with Gasteiger partial charge in [-0.2, -0.15) is 0 Å². The minimum atomic E-state index is -0.114. The summed E-state index contributed by atoms with van der Waals surface area (Å²) in [5.74, 6) is 0.153. The number of H-pyrrole nitrogens is 1. The fourth-order valence-electron chi connectivity index (χ4n) is 2.93. The van der Waals surface area contributed by atoms with Crippen molar-refractivity contribution in [2.24, 2.45) is 5.73 Å². The van der Waals surface area contributed by atoms with E-state index in [0.717, 1.165) is 16.5 Å². The molecule has 1 saturated heterocycles. The molecule has 2 unspecified atom stereocenters. The van der Waals surface area contributed by atoms with E-state index in [0.29, 0.717) is 13.0 Å². The van der Waals surface area contributed by atoms with Gasteiger partial charge in [-0.15, -0.1) is 0 Å². The minimum absolute atomic E-state index is 0.00125. The molecule has 1 aromatic carbocycles. The normalized spacial score (nSPS) is 24.1. The Morgan fingerprint density at radius 3 is 3.00 bits per heavy atom. The summed E-state index contributed by atoms with van der Waals surface area (Å²) in [6.45, 7) is 2.70. The number of nitrogens with zero attached hydrogens (tertiary/aromatic N) is 1. The summed E-state index contributed by atoms with van der Waals surface area (Å²) in [6.07, 6.45) is 2.43. The lowest BCUT2D eigenvalue weighted by molar-refractivity contribution is -0.128. The van der Waals surface area contributed by atoms with E-state index in [4.69, 9.17) is 5.73 Å². The van der Waals surface area contributed by atoms with Crippen LogP contribution in [0.4, 0.5) is 0 Å². The standard InChI is InChI=1S/C14H17N3O/c1-2-17-13(18)7-11(15)14(17)10-8-16-12-6-4-3-5-9(10)12/h3-6,8,11,14,16H,2,7,15H2,1H3. The number of hydrogen-bond acceptors (Lipinski definition) is 2. The summed E-state index contributed by atoms with van der Waals surface area (Å²) in [6, 6.07) is 8.01. The van der Waals surface area contributed by atoms with E-state index in [-0.39, 0.29) is 18.0 Å². The molecule has 0 spiro atoms. The molecule has 2 atom stereocenters. The predicted octanol–water partition coefficient (Wildman–Crippen LogP) is 1.79. The Hall–Kier alpha value is -1.81. The molecule has 0 radical (unpaired) electrons. The van der Waals surface area contributed by atoms with Gasteiger partial charge in [-0.05, 0) is 13.0 Å². The number of likely N-dealkylation sites (N-methyl/N-ethyl adjacent to an activating group) is 1. The molecule has 3 N–H and O–H groups in total. The largest absolute Gasteiger partial charge is 0.361 e. The molecule has 94 valence electrons. The summed E-state index contributed by atoms with van der Waals surface area (Å²) in [5, 5.41) is 1.16. The fourth-order valence-corrected chi connectivity index (χ4v) is 2.93. The van der Waals surface area contributed by atoms with Crippen LogP contribution in [0, 0.1) is 0 Å². The van der Waals surface area contributed by atoms with Gasteiger partial charge < -0.3 is 15.6 Å². The third-order valence-electron chi connectivity index (χ3n) is 3.75. The third kappa shape index (κ3) is 1.53. The smallest absolute Gasteiger partial charge is 0.224 e. The van der Waals surface area contributed by atoms with Crippen LogP contribution in [0.2, 0.25) is 0 Å². The van der Waals surface area contributed by atoms with Crippen molar-refractivity contribution in [1.82, 2.24) is 9.88 Å².